The minimum absolute atomic E-state index is 0.146. The van der Waals surface area contributed by atoms with E-state index in [0.29, 0.717) is 6.54 Å². The first-order valence-corrected chi connectivity index (χ1v) is 9.25. The smallest absolute Gasteiger partial charge is 0.0725 e. The van der Waals surface area contributed by atoms with E-state index in [0.717, 1.165) is 18.0 Å². The molecule has 1 saturated carbocycles. The molecule has 1 unspecified atom stereocenters. The Bertz CT molecular complexity index is 579. The lowest BCUT2D eigenvalue weighted by Gasteiger charge is -2.19. The Hall–Kier alpha value is -2.30. The molecule has 1 fully saturated rings. The van der Waals surface area contributed by atoms with E-state index in [4.69, 9.17) is 0 Å². The summed E-state index contributed by atoms with van der Waals surface area (Å²) < 4.78 is 0. The number of allylic oxidation sites excluding steroid dienone is 2. The second-order valence-electron chi connectivity index (χ2n) is 6.48. The maximum absolute atomic E-state index is 4.16. The zero-order valence-electron chi connectivity index (χ0n) is 15.2. The predicted molar refractivity (Wildman–Crippen MR) is 105 cm³/mol. The summed E-state index contributed by atoms with van der Waals surface area (Å²) >= 11 is 0. The van der Waals surface area contributed by atoms with E-state index in [2.05, 4.69) is 57.8 Å². The fourth-order valence-corrected chi connectivity index (χ4v) is 3.05. The van der Waals surface area contributed by atoms with Crippen LogP contribution in [0.4, 0.5) is 0 Å². The minimum atomic E-state index is 0.146. The summed E-state index contributed by atoms with van der Waals surface area (Å²) in [6.45, 7) is 6.38. The van der Waals surface area contributed by atoms with Crippen molar-refractivity contribution in [2.75, 3.05) is 6.54 Å². The van der Waals surface area contributed by atoms with Gasteiger partial charge < -0.3 is 10.7 Å². The maximum Gasteiger partial charge on any atom is 0.0725 e. The molecule has 0 amide bonds. The molecule has 1 aliphatic carbocycles. The van der Waals surface area contributed by atoms with Crippen molar-refractivity contribution in [1.82, 2.24) is 20.9 Å². The third-order valence-corrected chi connectivity index (χ3v) is 4.48. The van der Waals surface area contributed by atoms with Crippen LogP contribution in [0.2, 0.25) is 0 Å². The highest BCUT2D eigenvalue weighted by Crippen LogP contribution is 2.26. The fraction of sp³-hybridized carbons (Fsp3) is 0.500. The van der Waals surface area contributed by atoms with Crippen LogP contribution in [0.15, 0.2) is 48.4 Å². The summed E-state index contributed by atoms with van der Waals surface area (Å²) in [5.74, 6) is 0.720. The fourth-order valence-electron chi connectivity index (χ4n) is 3.05. The molecule has 5 heteroatoms. The summed E-state index contributed by atoms with van der Waals surface area (Å²) in [6, 6.07) is 0.146. The number of hydrogen-bond donors (Lipinski definition) is 3. The molecular weight excluding hydrogens is 310 g/mol. The Morgan fingerprint density at radius 3 is 2.96 bits per heavy atom. The van der Waals surface area contributed by atoms with Crippen molar-refractivity contribution in [3.63, 3.8) is 0 Å². The Labute approximate surface area is 151 Å². The van der Waals surface area contributed by atoms with Gasteiger partial charge in [-0.15, -0.1) is 6.58 Å². The van der Waals surface area contributed by atoms with Gasteiger partial charge in [-0.3, -0.25) is 5.10 Å². The van der Waals surface area contributed by atoms with Gasteiger partial charge in [-0.25, -0.2) is 0 Å². The van der Waals surface area contributed by atoms with Gasteiger partial charge in [0.25, 0.3) is 0 Å². The van der Waals surface area contributed by atoms with Crippen molar-refractivity contribution >= 4 is 6.21 Å². The zero-order chi connectivity index (χ0) is 17.7. The molecule has 0 aromatic carbocycles. The quantitative estimate of drug-likeness (QED) is 0.259. The van der Waals surface area contributed by atoms with Crippen LogP contribution < -0.4 is 10.7 Å². The molecule has 1 aromatic rings. The highest BCUT2D eigenvalue weighted by molar-refractivity contribution is 5.58. The van der Waals surface area contributed by atoms with Gasteiger partial charge >= 0.3 is 0 Å². The third-order valence-electron chi connectivity index (χ3n) is 4.48. The van der Waals surface area contributed by atoms with Gasteiger partial charge in [0.1, 0.15) is 0 Å². The van der Waals surface area contributed by atoms with Gasteiger partial charge in [0, 0.05) is 23.9 Å². The molecule has 0 saturated heterocycles. The van der Waals surface area contributed by atoms with E-state index in [-0.39, 0.29) is 6.04 Å². The second-order valence-corrected chi connectivity index (χ2v) is 6.48. The average Bonchev–Trinajstić information content (AvgIpc) is 3.06. The summed E-state index contributed by atoms with van der Waals surface area (Å²) in [7, 11) is 0. The van der Waals surface area contributed by atoms with Gasteiger partial charge in [0.15, 0.2) is 0 Å². The van der Waals surface area contributed by atoms with E-state index in [9.17, 15) is 0 Å². The average molecular weight is 342 g/mol. The van der Waals surface area contributed by atoms with Crippen molar-refractivity contribution < 1.29 is 0 Å². The normalized spacial score (nSPS) is 17.5. The molecule has 25 heavy (non-hydrogen) atoms. The molecule has 1 aromatic heterocycles. The van der Waals surface area contributed by atoms with E-state index >= 15 is 0 Å². The Kier molecular flexibility index (Phi) is 8.59. The number of rotatable bonds is 10. The number of aromatic nitrogens is 2. The molecule has 2 rings (SSSR count). The SMILES string of the molecule is C=CCN/N=C\C/C=C/NC(/C=C/C1CCCCC1)c1cn[nH]c1C. The van der Waals surface area contributed by atoms with Crippen molar-refractivity contribution in [1.29, 1.82) is 0 Å². The number of nitrogens with zero attached hydrogens (tertiary/aromatic N) is 2. The zero-order valence-corrected chi connectivity index (χ0v) is 15.2. The van der Waals surface area contributed by atoms with Crippen LogP contribution in [0, 0.1) is 12.8 Å². The molecule has 1 aliphatic rings. The van der Waals surface area contributed by atoms with Gasteiger partial charge in [0.2, 0.25) is 0 Å². The summed E-state index contributed by atoms with van der Waals surface area (Å²) in [5.41, 5.74) is 5.19. The van der Waals surface area contributed by atoms with Crippen LogP contribution in [0.1, 0.15) is 55.8 Å². The lowest BCUT2D eigenvalue weighted by molar-refractivity contribution is 0.418. The van der Waals surface area contributed by atoms with Crippen LogP contribution >= 0.6 is 0 Å². The highest BCUT2D eigenvalue weighted by Gasteiger charge is 2.14. The largest absolute Gasteiger partial charge is 0.381 e. The summed E-state index contributed by atoms with van der Waals surface area (Å²) in [6.07, 6.45) is 21.8. The van der Waals surface area contributed by atoms with Gasteiger partial charge in [0.05, 0.1) is 18.8 Å². The van der Waals surface area contributed by atoms with Crippen LogP contribution in [0.25, 0.3) is 0 Å². The van der Waals surface area contributed by atoms with Crippen molar-refractivity contribution in [2.24, 2.45) is 11.0 Å². The number of hydrazone groups is 1. The maximum atomic E-state index is 4.16. The molecule has 1 heterocycles. The first-order valence-electron chi connectivity index (χ1n) is 9.25. The van der Waals surface area contributed by atoms with Crippen molar-refractivity contribution in [3.05, 3.63) is 54.5 Å². The number of nitrogens with one attached hydrogen (secondary N) is 3. The van der Waals surface area contributed by atoms with E-state index in [1.54, 1.807) is 6.08 Å². The lowest BCUT2D eigenvalue weighted by atomic mass is 9.88. The molecule has 136 valence electrons. The van der Waals surface area contributed by atoms with E-state index in [1.807, 2.05) is 18.6 Å². The van der Waals surface area contributed by atoms with Crippen molar-refractivity contribution in [2.45, 2.75) is 51.5 Å². The van der Waals surface area contributed by atoms with Gasteiger partial charge in [-0.2, -0.15) is 10.2 Å². The Morgan fingerprint density at radius 1 is 1.40 bits per heavy atom. The Balaban J connectivity index is 1.88. The summed E-state index contributed by atoms with van der Waals surface area (Å²) in [4.78, 5) is 0. The number of hydrogen-bond acceptors (Lipinski definition) is 4. The Morgan fingerprint density at radius 2 is 2.24 bits per heavy atom. The lowest BCUT2D eigenvalue weighted by Crippen LogP contribution is -2.14. The topological polar surface area (TPSA) is 65.1 Å². The van der Waals surface area contributed by atoms with Gasteiger partial charge in [-0.05, 0) is 31.9 Å². The second kappa shape index (κ2) is 11.3. The van der Waals surface area contributed by atoms with Crippen LogP contribution in [0.3, 0.4) is 0 Å². The van der Waals surface area contributed by atoms with Crippen molar-refractivity contribution in [3.8, 4) is 0 Å². The van der Waals surface area contributed by atoms with E-state index in [1.165, 1.54) is 37.7 Å². The molecule has 0 bridgehead atoms. The van der Waals surface area contributed by atoms with Crippen LogP contribution in [-0.4, -0.2) is 23.0 Å². The third kappa shape index (κ3) is 6.99. The number of H-pyrrole nitrogens is 1. The molecular formula is C20H31N5. The molecule has 0 aliphatic heterocycles. The highest BCUT2D eigenvalue weighted by atomic mass is 15.3. The number of aryl methyl sites for hydroxylation is 1. The minimum Gasteiger partial charge on any atom is -0.381 e. The first-order chi connectivity index (χ1) is 12.3. The standard InChI is InChI=1S/C20H31N5/c1-3-13-22-23-15-8-7-14-21-20(19-16-24-25-17(19)2)12-11-18-9-5-4-6-10-18/h3,7,11-12,14-16,18,20-22H,1,4-6,8-10,13H2,2H3,(H,24,25)/b12-11+,14-7+,23-15-. The molecule has 0 radical (unpaired) electrons. The molecule has 5 nitrogen and oxygen atoms in total. The molecule has 1 atom stereocenters. The van der Waals surface area contributed by atoms with Gasteiger partial charge in [-0.1, -0.05) is 43.6 Å². The van der Waals surface area contributed by atoms with E-state index < -0.39 is 0 Å². The van der Waals surface area contributed by atoms with Crippen LogP contribution in [-0.2, 0) is 0 Å². The monoisotopic (exact) mass is 341 g/mol. The first kappa shape index (κ1) is 19.0. The molecule has 0 spiro atoms. The summed E-state index contributed by atoms with van der Waals surface area (Å²) in [5, 5.41) is 14.8. The molecule has 3 N–H and O–H groups in total. The number of aromatic amines is 1. The van der Waals surface area contributed by atoms with Crippen LogP contribution in [0.5, 0.6) is 0 Å². The predicted octanol–water partition coefficient (Wildman–Crippen LogP) is 4.15.